The Bertz CT molecular complexity index is 1200. The van der Waals surface area contributed by atoms with Gasteiger partial charge in [0.25, 0.3) is 17.7 Å². The molecule has 0 radical (unpaired) electrons. The average Bonchev–Trinajstić information content (AvgIpc) is 2.89. The summed E-state index contributed by atoms with van der Waals surface area (Å²) in [5.41, 5.74) is 2.72. The number of pyridine rings is 1. The fourth-order valence-corrected chi connectivity index (χ4v) is 3.92. The third-order valence-corrected chi connectivity index (χ3v) is 5.86. The van der Waals surface area contributed by atoms with Gasteiger partial charge in [-0.05, 0) is 48.9 Å². The first kappa shape index (κ1) is 23.0. The third kappa shape index (κ3) is 4.91. The van der Waals surface area contributed by atoms with Gasteiger partial charge >= 0.3 is 0 Å². The Balaban J connectivity index is 1.45. The number of hydrogen-bond donors (Lipinski definition) is 1. The maximum absolute atomic E-state index is 13.4. The van der Waals surface area contributed by atoms with E-state index in [1.807, 2.05) is 13.0 Å². The lowest BCUT2D eigenvalue weighted by atomic mass is 10.1. The van der Waals surface area contributed by atoms with E-state index in [0.29, 0.717) is 54.3 Å². The van der Waals surface area contributed by atoms with Crippen LogP contribution in [0.4, 0.5) is 5.69 Å². The highest BCUT2D eigenvalue weighted by Crippen LogP contribution is 2.24. The summed E-state index contributed by atoms with van der Waals surface area (Å²) >= 11 is 0. The van der Waals surface area contributed by atoms with E-state index in [9.17, 15) is 14.4 Å². The van der Waals surface area contributed by atoms with E-state index in [1.165, 1.54) is 0 Å². The van der Waals surface area contributed by atoms with E-state index < -0.39 is 0 Å². The van der Waals surface area contributed by atoms with E-state index >= 15 is 0 Å². The number of para-hydroxylation sites is 1. The molecular formula is C26H26N4O4. The molecule has 3 amide bonds. The molecule has 0 aliphatic carbocycles. The number of aromatic nitrogens is 1. The van der Waals surface area contributed by atoms with Gasteiger partial charge in [0.05, 0.1) is 18.4 Å². The molecule has 1 N–H and O–H groups in total. The molecule has 2 aromatic carbocycles. The monoisotopic (exact) mass is 458 g/mol. The Morgan fingerprint density at radius 3 is 2.18 bits per heavy atom. The normalized spacial score (nSPS) is 13.4. The average molecular weight is 459 g/mol. The minimum atomic E-state index is -0.306. The van der Waals surface area contributed by atoms with Gasteiger partial charge < -0.3 is 19.9 Å². The zero-order chi connectivity index (χ0) is 24.1. The Morgan fingerprint density at radius 2 is 1.50 bits per heavy atom. The van der Waals surface area contributed by atoms with Gasteiger partial charge in [0.15, 0.2) is 0 Å². The molecule has 0 unspecified atom stereocenters. The van der Waals surface area contributed by atoms with Gasteiger partial charge in [-0.3, -0.25) is 19.4 Å². The molecule has 1 saturated heterocycles. The van der Waals surface area contributed by atoms with Crippen LogP contribution in [0.3, 0.4) is 0 Å². The van der Waals surface area contributed by atoms with Crippen molar-refractivity contribution in [1.29, 1.82) is 0 Å². The van der Waals surface area contributed by atoms with Gasteiger partial charge in [0.2, 0.25) is 0 Å². The van der Waals surface area contributed by atoms with E-state index in [1.54, 1.807) is 77.8 Å². The zero-order valence-corrected chi connectivity index (χ0v) is 19.2. The van der Waals surface area contributed by atoms with Crippen molar-refractivity contribution in [2.75, 3.05) is 38.6 Å². The lowest BCUT2D eigenvalue weighted by Gasteiger charge is -2.35. The summed E-state index contributed by atoms with van der Waals surface area (Å²) < 4.78 is 5.21. The summed E-state index contributed by atoms with van der Waals surface area (Å²) in [6, 6.07) is 15.6. The summed E-state index contributed by atoms with van der Waals surface area (Å²) in [5, 5.41) is 2.88. The van der Waals surface area contributed by atoms with Crippen LogP contribution in [0.25, 0.3) is 0 Å². The molecule has 4 rings (SSSR count). The molecule has 3 aromatic rings. The van der Waals surface area contributed by atoms with Gasteiger partial charge in [0, 0.05) is 49.7 Å². The summed E-state index contributed by atoms with van der Waals surface area (Å²) in [7, 11) is 1.56. The minimum absolute atomic E-state index is 0.0909. The van der Waals surface area contributed by atoms with E-state index in [2.05, 4.69) is 10.3 Å². The fourth-order valence-electron chi connectivity index (χ4n) is 3.92. The number of nitrogens with one attached hydrogen (secondary N) is 1. The number of piperazine rings is 1. The summed E-state index contributed by atoms with van der Waals surface area (Å²) in [5.74, 6) is 0.0500. The molecule has 0 bridgehead atoms. The van der Waals surface area contributed by atoms with Crippen LogP contribution in [0.15, 0.2) is 67.0 Å². The molecule has 2 heterocycles. The number of hydrogen-bond acceptors (Lipinski definition) is 5. The number of amides is 3. The number of methoxy groups -OCH3 is 1. The van der Waals surface area contributed by atoms with Crippen molar-refractivity contribution in [3.8, 4) is 5.75 Å². The topological polar surface area (TPSA) is 91.8 Å². The number of benzene rings is 2. The molecule has 0 spiro atoms. The molecule has 1 aliphatic heterocycles. The van der Waals surface area contributed by atoms with Crippen LogP contribution in [0, 0.1) is 6.92 Å². The summed E-state index contributed by atoms with van der Waals surface area (Å²) in [6.07, 6.45) is 3.09. The highest BCUT2D eigenvalue weighted by atomic mass is 16.5. The van der Waals surface area contributed by atoms with E-state index in [4.69, 9.17) is 4.74 Å². The van der Waals surface area contributed by atoms with Crippen molar-refractivity contribution in [3.63, 3.8) is 0 Å². The number of ether oxygens (including phenoxy) is 1. The zero-order valence-electron chi connectivity index (χ0n) is 19.2. The largest absolute Gasteiger partial charge is 0.497 e. The molecule has 8 nitrogen and oxygen atoms in total. The van der Waals surface area contributed by atoms with Crippen LogP contribution < -0.4 is 10.1 Å². The summed E-state index contributed by atoms with van der Waals surface area (Å²) in [4.78, 5) is 46.3. The molecule has 1 aromatic heterocycles. The highest BCUT2D eigenvalue weighted by Gasteiger charge is 2.27. The van der Waals surface area contributed by atoms with Crippen LogP contribution in [-0.4, -0.2) is 65.8 Å². The fraction of sp³-hybridized carbons (Fsp3) is 0.231. The number of aryl methyl sites for hydroxylation is 1. The second kappa shape index (κ2) is 10.2. The number of carbonyl (C=O) groups is 3. The molecule has 0 atom stereocenters. The first-order valence-corrected chi connectivity index (χ1v) is 11.0. The number of rotatable bonds is 5. The van der Waals surface area contributed by atoms with Crippen molar-refractivity contribution in [1.82, 2.24) is 14.8 Å². The lowest BCUT2D eigenvalue weighted by molar-refractivity contribution is 0.0536. The Morgan fingerprint density at radius 1 is 0.853 bits per heavy atom. The maximum atomic E-state index is 13.4. The second-order valence-corrected chi connectivity index (χ2v) is 8.00. The van der Waals surface area contributed by atoms with E-state index in [-0.39, 0.29) is 17.7 Å². The van der Waals surface area contributed by atoms with Crippen LogP contribution in [0.1, 0.15) is 36.6 Å². The van der Waals surface area contributed by atoms with E-state index in [0.717, 1.165) is 5.56 Å². The smallest absolute Gasteiger partial charge is 0.256 e. The first-order chi connectivity index (χ1) is 16.5. The molecule has 8 heteroatoms. The van der Waals surface area contributed by atoms with Crippen molar-refractivity contribution >= 4 is 23.4 Å². The summed E-state index contributed by atoms with van der Waals surface area (Å²) in [6.45, 7) is 3.50. The second-order valence-electron chi connectivity index (χ2n) is 8.00. The van der Waals surface area contributed by atoms with Crippen LogP contribution in [0.2, 0.25) is 0 Å². The predicted molar refractivity (Wildman–Crippen MR) is 128 cm³/mol. The Labute approximate surface area is 198 Å². The quantitative estimate of drug-likeness (QED) is 0.634. The SMILES string of the molecule is COc1cccc(C(=O)N2CCN(C(=O)c3cccc(C)c3NC(=O)c3ccncc3)CC2)c1. The first-order valence-electron chi connectivity index (χ1n) is 11.0. The van der Waals surface area contributed by atoms with Crippen molar-refractivity contribution in [3.05, 3.63) is 89.2 Å². The molecule has 1 fully saturated rings. The number of carbonyl (C=O) groups excluding carboxylic acids is 3. The van der Waals surface area contributed by atoms with Crippen molar-refractivity contribution in [2.24, 2.45) is 0 Å². The van der Waals surface area contributed by atoms with Crippen molar-refractivity contribution < 1.29 is 19.1 Å². The van der Waals surface area contributed by atoms with Gasteiger partial charge in [-0.2, -0.15) is 0 Å². The number of nitrogens with zero attached hydrogens (tertiary/aromatic N) is 3. The van der Waals surface area contributed by atoms with Crippen LogP contribution in [-0.2, 0) is 0 Å². The molecular weight excluding hydrogens is 432 g/mol. The number of anilines is 1. The van der Waals surface area contributed by atoms with Gasteiger partial charge in [-0.25, -0.2) is 0 Å². The standard InChI is InChI=1S/C26H26N4O4/c1-18-5-3-8-22(23(18)28-24(31)19-9-11-27-12-10-19)26(33)30-15-13-29(14-16-30)25(32)20-6-4-7-21(17-20)34-2/h3-12,17H,13-16H2,1-2H3,(H,28,31). The molecule has 34 heavy (non-hydrogen) atoms. The molecule has 0 saturated carbocycles. The molecule has 1 aliphatic rings. The maximum Gasteiger partial charge on any atom is 0.256 e. The van der Waals surface area contributed by atoms with Crippen molar-refractivity contribution in [2.45, 2.75) is 6.92 Å². The van der Waals surface area contributed by atoms with Gasteiger partial charge in [-0.1, -0.05) is 18.2 Å². The Kier molecular flexibility index (Phi) is 6.87. The lowest BCUT2D eigenvalue weighted by Crippen LogP contribution is -2.50. The Hall–Kier alpha value is -4.20. The highest BCUT2D eigenvalue weighted by molar-refractivity contribution is 6.09. The third-order valence-electron chi connectivity index (χ3n) is 5.86. The predicted octanol–water partition coefficient (Wildman–Crippen LogP) is 3.25. The minimum Gasteiger partial charge on any atom is -0.497 e. The van der Waals surface area contributed by atoms with Crippen LogP contribution in [0.5, 0.6) is 5.75 Å². The molecule has 174 valence electrons. The van der Waals surface area contributed by atoms with Crippen LogP contribution >= 0.6 is 0 Å². The van der Waals surface area contributed by atoms with Gasteiger partial charge in [0.1, 0.15) is 5.75 Å². The van der Waals surface area contributed by atoms with Gasteiger partial charge in [-0.15, -0.1) is 0 Å².